The van der Waals surface area contributed by atoms with Crippen molar-refractivity contribution in [3.8, 4) is 0 Å². The monoisotopic (exact) mass is 341 g/mol. The van der Waals surface area contributed by atoms with E-state index in [-0.39, 0.29) is 24.6 Å². The average Bonchev–Trinajstić information content (AvgIpc) is 2.28. The highest BCUT2D eigenvalue weighted by Crippen LogP contribution is 2.27. The van der Waals surface area contributed by atoms with Crippen LogP contribution in [0.4, 0.5) is 8.78 Å². The number of esters is 1. The van der Waals surface area contributed by atoms with E-state index in [2.05, 4.69) is 20.9 Å². The highest BCUT2D eigenvalue weighted by molar-refractivity contribution is 9.10. The average molecular weight is 343 g/mol. The van der Waals surface area contributed by atoms with Crippen molar-refractivity contribution in [3.63, 3.8) is 0 Å². The number of alkyl halides is 3. The Morgan fingerprint density at radius 1 is 1.61 bits per heavy atom. The summed E-state index contributed by atoms with van der Waals surface area (Å²) < 4.78 is 30.4. The SMILES string of the molecule is CCOC(=O)Cc1nc(C(F)F)cc(Br)c1CCl. The number of carbonyl (C=O) groups excluding carboxylic acids is 1. The third-order valence-corrected chi connectivity index (χ3v) is 3.12. The van der Waals surface area contributed by atoms with Crippen LogP contribution in [-0.4, -0.2) is 17.6 Å². The summed E-state index contributed by atoms with van der Waals surface area (Å²) in [7, 11) is 0. The molecule has 0 N–H and O–H groups in total. The van der Waals surface area contributed by atoms with Crippen LogP contribution in [-0.2, 0) is 21.8 Å². The van der Waals surface area contributed by atoms with Crippen molar-refractivity contribution in [3.05, 3.63) is 27.5 Å². The number of carbonyl (C=O) groups is 1. The molecule has 0 aliphatic carbocycles. The highest BCUT2D eigenvalue weighted by atomic mass is 79.9. The molecule has 0 aliphatic heterocycles. The van der Waals surface area contributed by atoms with Crippen LogP contribution in [0.3, 0.4) is 0 Å². The summed E-state index contributed by atoms with van der Waals surface area (Å²) in [5, 5.41) is 0. The maximum Gasteiger partial charge on any atom is 0.311 e. The van der Waals surface area contributed by atoms with E-state index in [0.717, 1.165) is 0 Å². The van der Waals surface area contributed by atoms with E-state index >= 15 is 0 Å². The van der Waals surface area contributed by atoms with Gasteiger partial charge >= 0.3 is 5.97 Å². The Hall–Kier alpha value is -0.750. The normalized spacial score (nSPS) is 10.8. The molecule has 0 amide bonds. The number of ether oxygens (including phenoxy) is 1. The number of aromatic nitrogens is 1. The fourth-order valence-corrected chi connectivity index (χ4v) is 2.42. The number of hydrogen-bond acceptors (Lipinski definition) is 3. The highest BCUT2D eigenvalue weighted by Gasteiger charge is 2.18. The van der Waals surface area contributed by atoms with Gasteiger partial charge in [-0.25, -0.2) is 8.78 Å². The van der Waals surface area contributed by atoms with E-state index in [0.29, 0.717) is 10.0 Å². The molecule has 1 aromatic rings. The molecular weight excluding hydrogens is 331 g/mol. The molecule has 7 heteroatoms. The number of halogens is 4. The zero-order valence-corrected chi connectivity index (χ0v) is 11.9. The quantitative estimate of drug-likeness (QED) is 0.606. The fraction of sp³-hybridized carbons (Fsp3) is 0.455. The molecular formula is C11H11BrClF2NO2. The standard InChI is InChI=1S/C11H11BrClF2NO2/c1-2-18-10(17)4-8-6(5-13)7(12)3-9(16-8)11(14)15/h3,11H,2,4-5H2,1H3. The summed E-state index contributed by atoms with van der Waals surface area (Å²) in [6.45, 7) is 1.89. The summed E-state index contributed by atoms with van der Waals surface area (Å²) in [4.78, 5) is 15.1. The second-order valence-electron chi connectivity index (χ2n) is 3.37. The minimum Gasteiger partial charge on any atom is -0.466 e. The summed E-state index contributed by atoms with van der Waals surface area (Å²) in [6, 6.07) is 1.21. The lowest BCUT2D eigenvalue weighted by Crippen LogP contribution is -2.12. The third-order valence-electron chi connectivity index (χ3n) is 2.15. The molecule has 0 fully saturated rings. The first-order valence-electron chi connectivity index (χ1n) is 5.17. The molecule has 0 saturated carbocycles. The van der Waals surface area contributed by atoms with Crippen molar-refractivity contribution < 1.29 is 18.3 Å². The minimum absolute atomic E-state index is 0.0752. The predicted molar refractivity (Wildman–Crippen MR) is 66.8 cm³/mol. The van der Waals surface area contributed by atoms with Gasteiger partial charge in [0.2, 0.25) is 0 Å². The second-order valence-corrected chi connectivity index (χ2v) is 4.49. The summed E-state index contributed by atoms with van der Waals surface area (Å²) in [5.41, 5.74) is 0.345. The van der Waals surface area contributed by atoms with Gasteiger partial charge in [-0.2, -0.15) is 0 Å². The van der Waals surface area contributed by atoms with Crippen LogP contribution in [0, 0.1) is 0 Å². The molecule has 0 unspecified atom stereocenters. The summed E-state index contributed by atoms with van der Waals surface area (Å²) in [6.07, 6.45) is -2.87. The lowest BCUT2D eigenvalue weighted by atomic mass is 10.1. The Bertz CT molecular complexity index is 443. The van der Waals surface area contributed by atoms with Gasteiger partial charge in [0.05, 0.1) is 24.6 Å². The number of hydrogen-bond donors (Lipinski definition) is 0. The van der Waals surface area contributed by atoms with Crippen molar-refractivity contribution >= 4 is 33.5 Å². The van der Waals surface area contributed by atoms with Gasteiger partial charge in [-0.1, -0.05) is 15.9 Å². The van der Waals surface area contributed by atoms with Gasteiger partial charge in [0, 0.05) is 10.0 Å². The van der Waals surface area contributed by atoms with Crippen molar-refractivity contribution in [2.75, 3.05) is 6.61 Å². The lowest BCUT2D eigenvalue weighted by molar-refractivity contribution is -0.142. The molecule has 18 heavy (non-hydrogen) atoms. The lowest BCUT2D eigenvalue weighted by Gasteiger charge is -2.10. The second kappa shape index (κ2) is 6.99. The molecule has 1 aromatic heterocycles. The maximum absolute atomic E-state index is 12.6. The minimum atomic E-state index is -2.70. The smallest absolute Gasteiger partial charge is 0.311 e. The molecule has 0 aliphatic rings. The van der Waals surface area contributed by atoms with Gasteiger partial charge in [-0.15, -0.1) is 11.6 Å². The van der Waals surface area contributed by atoms with Gasteiger partial charge < -0.3 is 4.74 Å². The van der Waals surface area contributed by atoms with Crippen LogP contribution in [0.2, 0.25) is 0 Å². The summed E-state index contributed by atoms with van der Waals surface area (Å²) in [5.74, 6) is -0.444. The van der Waals surface area contributed by atoms with Gasteiger partial charge in [0.15, 0.2) is 0 Å². The molecule has 1 rings (SSSR count). The molecule has 0 spiro atoms. The van der Waals surface area contributed by atoms with E-state index < -0.39 is 18.1 Å². The van der Waals surface area contributed by atoms with Gasteiger partial charge in [0.1, 0.15) is 5.69 Å². The van der Waals surface area contributed by atoms with E-state index in [9.17, 15) is 13.6 Å². The van der Waals surface area contributed by atoms with E-state index in [4.69, 9.17) is 16.3 Å². The zero-order valence-electron chi connectivity index (χ0n) is 9.55. The van der Waals surface area contributed by atoms with E-state index in [1.807, 2.05) is 0 Å². The van der Waals surface area contributed by atoms with Gasteiger partial charge in [0.25, 0.3) is 6.43 Å². The van der Waals surface area contributed by atoms with Crippen LogP contribution in [0.25, 0.3) is 0 Å². The Balaban J connectivity index is 3.10. The molecule has 1 heterocycles. The topological polar surface area (TPSA) is 39.2 Å². The van der Waals surface area contributed by atoms with Crippen LogP contribution in [0.15, 0.2) is 10.5 Å². The molecule has 3 nitrogen and oxygen atoms in total. The molecule has 0 radical (unpaired) electrons. The molecule has 0 atom stereocenters. The summed E-state index contributed by atoms with van der Waals surface area (Å²) >= 11 is 8.87. The van der Waals surface area contributed by atoms with Crippen molar-refractivity contribution in [2.45, 2.75) is 25.7 Å². The van der Waals surface area contributed by atoms with Crippen LogP contribution in [0.5, 0.6) is 0 Å². The predicted octanol–water partition coefficient (Wildman–Crippen LogP) is 3.63. The van der Waals surface area contributed by atoms with Crippen LogP contribution < -0.4 is 0 Å². The zero-order chi connectivity index (χ0) is 13.7. The number of rotatable bonds is 5. The van der Waals surface area contributed by atoms with Crippen molar-refractivity contribution in [1.82, 2.24) is 4.98 Å². The van der Waals surface area contributed by atoms with Crippen LogP contribution in [0.1, 0.15) is 30.3 Å². The first-order chi connectivity index (χ1) is 8.49. The largest absolute Gasteiger partial charge is 0.466 e. The molecule has 100 valence electrons. The fourth-order valence-electron chi connectivity index (χ4n) is 1.36. The van der Waals surface area contributed by atoms with Crippen LogP contribution >= 0.6 is 27.5 Å². The maximum atomic E-state index is 12.6. The Kier molecular flexibility index (Phi) is 5.95. The third kappa shape index (κ3) is 3.88. The molecule has 0 saturated heterocycles. The van der Waals surface area contributed by atoms with E-state index in [1.54, 1.807) is 6.92 Å². The van der Waals surface area contributed by atoms with Gasteiger partial charge in [-0.3, -0.25) is 9.78 Å². The molecule has 0 aromatic carbocycles. The number of nitrogens with zero attached hydrogens (tertiary/aromatic N) is 1. The van der Waals surface area contributed by atoms with Crippen molar-refractivity contribution in [1.29, 1.82) is 0 Å². The van der Waals surface area contributed by atoms with E-state index in [1.165, 1.54) is 6.07 Å². The Morgan fingerprint density at radius 2 is 2.28 bits per heavy atom. The first kappa shape index (κ1) is 15.3. The Labute approximate surface area is 117 Å². The Morgan fingerprint density at radius 3 is 2.78 bits per heavy atom. The first-order valence-corrected chi connectivity index (χ1v) is 6.50. The van der Waals surface area contributed by atoms with Crippen molar-refractivity contribution in [2.24, 2.45) is 0 Å². The van der Waals surface area contributed by atoms with Gasteiger partial charge in [-0.05, 0) is 13.0 Å². The molecule has 0 bridgehead atoms. The number of pyridine rings is 1.